The third kappa shape index (κ3) is 2.68. The molecule has 90 valence electrons. The van der Waals surface area contributed by atoms with Crippen LogP contribution in [0.15, 0.2) is 6.33 Å². The molecule has 0 aliphatic carbocycles. The van der Waals surface area contributed by atoms with Gasteiger partial charge in [0.2, 0.25) is 5.91 Å². The summed E-state index contributed by atoms with van der Waals surface area (Å²) in [6.45, 7) is 4.62. The monoisotopic (exact) mass is 251 g/mol. The molecule has 2 aromatic heterocycles. The molecule has 0 radical (unpaired) electrons. The lowest BCUT2D eigenvalue weighted by molar-refractivity contribution is -0.118. The van der Waals surface area contributed by atoms with Crippen molar-refractivity contribution >= 4 is 33.5 Å². The van der Waals surface area contributed by atoms with Gasteiger partial charge in [0, 0.05) is 20.0 Å². The number of aryl methyl sites for hydroxylation is 1. The molecule has 0 aliphatic heterocycles. The molecule has 0 saturated heterocycles. The quantitative estimate of drug-likeness (QED) is 0.791. The van der Waals surface area contributed by atoms with E-state index in [0.29, 0.717) is 13.1 Å². The van der Waals surface area contributed by atoms with Crippen LogP contribution >= 0.6 is 11.5 Å². The molecule has 1 amide bonds. The molecule has 2 heterocycles. The van der Waals surface area contributed by atoms with Gasteiger partial charge in [-0.15, -0.1) is 0 Å². The van der Waals surface area contributed by atoms with Crippen molar-refractivity contribution in [3.05, 3.63) is 12.0 Å². The number of hydrogen-bond acceptors (Lipinski definition) is 6. The van der Waals surface area contributed by atoms with E-state index in [-0.39, 0.29) is 5.91 Å². The van der Waals surface area contributed by atoms with Gasteiger partial charge >= 0.3 is 0 Å². The fraction of sp³-hybridized carbons (Fsp3) is 0.400. The normalized spacial score (nSPS) is 10.5. The van der Waals surface area contributed by atoms with Gasteiger partial charge in [-0.1, -0.05) is 0 Å². The van der Waals surface area contributed by atoms with Gasteiger partial charge in [0.05, 0.1) is 11.1 Å². The molecule has 0 unspecified atom stereocenters. The number of nitrogens with one attached hydrogen (secondary N) is 2. The molecule has 0 fully saturated rings. The molecular weight excluding hydrogens is 238 g/mol. The van der Waals surface area contributed by atoms with E-state index >= 15 is 0 Å². The number of nitrogens with zero attached hydrogens (tertiary/aromatic N) is 3. The summed E-state index contributed by atoms with van der Waals surface area (Å²) in [6.07, 6.45) is 1.51. The SMILES string of the molecule is CC(=O)NCCNc1ncnc2snc(C)c12. The average Bonchev–Trinajstić information content (AvgIpc) is 2.67. The van der Waals surface area contributed by atoms with E-state index in [4.69, 9.17) is 0 Å². The van der Waals surface area contributed by atoms with Gasteiger partial charge in [0.25, 0.3) is 0 Å². The standard InChI is InChI=1S/C10H13N5OS/c1-6-8-9(12-4-3-11-7(2)16)13-5-14-10(8)17-15-6/h5H,3-4H2,1-2H3,(H,11,16)(H,12,13,14). The summed E-state index contributed by atoms with van der Waals surface area (Å²) < 4.78 is 4.24. The van der Waals surface area contributed by atoms with Crippen LogP contribution in [0, 0.1) is 6.92 Å². The van der Waals surface area contributed by atoms with Crippen molar-refractivity contribution < 1.29 is 4.79 Å². The Hall–Kier alpha value is -1.76. The van der Waals surface area contributed by atoms with E-state index in [0.717, 1.165) is 21.7 Å². The summed E-state index contributed by atoms with van der Waals surface area (Å²) in [5.41, 5.74) is 0.924. The lowest BCUT2D eigenvalue weighted by atomic mass is 10.3. The number of carbonyl (C=O) groups excluding carboxylic acids is 1. The topological polar surface area (TPSA) is 79.8 Å². The van der Waals surface area contributed by atoms with Crippen molar-refractivity contribution in [3.8, 4) is 0 Å². The Morgan fingerprint density at radius 1 is 1.41 bits per heavy atom. The summed E-state index contributed by atoms with van der Waals surface area (Å²) in [7, 11) is 0. The smallest absolute Gasteiger partial charge is 0.216 e. The van der Waals surface area contributed by atoms with Crippen LogP contribution in [0.25, 0.3) is 10.2 Å². The van der Waals surface area contributed by atoms with Crippen molar-refractivity contribution in [3.63, 3.8) is 0 Å². The summed E-state index contributed by atoms with van der Waals surface area (Å²) >= 11 is 1.36. The van der Waals surface area contributed by atoms with Crippen LogP contribution in [0.4, 0.5) is 5.82 Å². The molecule has 0 spiro atoms. The van der Waals surface area contributed by atoms with Gasteiger partial charge in [-0.3, -0.25) is 4.79 Å². The summed E-state index contributed by atoms with van der Waals surface area (Å²) in [5, 5.41) is 6.84. The predicted octanol–water partition coefficient (Wildman–Crippen LogP) is 0.943. The molecule has 7 heteroatoms. The summed E-state index contributed by atoms with van der Waals surface area (Å²) in [6, 6.07) is 0. The largest absolute Gasteiger partial charge is 0.368 e. The molecule has 6 nitrogen and oxygen atoms in total. The van der Waals surface area contributed by atoms with Gasteiger partial charge in [-0.25, -0.2) is 9.97 Å². The number of carbonyl (C=O) groups is 1. The first kappa shape index (κ1) is 11.7. The molecule has 17 heavy (non-hydrogen) atoms. The minimum Gasteiger partial charge on any atom is -0.368 e. The summed E-state index contributed by atoms with van der Waals surface area (Å²) in [5.74, 6) is 0.736. The molecule has 0 aliphatic rings. The fourth-order valence-corrected chi connectivity index (χ4v) is 2.22. The van der Waals surface area contributed by atoms with Crippen LogP contribution in [0.3, 0.4) is 0 Å². The fourth-order valence-electron chi connectivity index (χ4n) is 1.48. The van der Waals surface area contributed by atoms with Crippen LogP contribution in [0.2, 0.25) is 0 Å². The first-order chi connectivity index (χ1) is 8.18. The Labute approximate surface area is 103 Å². The van der Waals surface area contributed by atoms with Crippen LogP contribution in [0.1, 0.15) is 12.6 Å². The van der Waals surface area contributed by atoms with Gasteiger partial charge in [-0.2, -0.15) is 4.37 Å². The Balaban J connectivity index is 2.08. The minimum absolute atomic E-state index is 0.0342. The third-order valence-electron chi connectivity index (χ3n) is 2.23. The highest BCUT2D eigenvalue weighted by Crippen LogP contribution is 2.25. The van der Waals surface area contributed by atoms with E-state index < -0.39 is 0 Å². The number of amides is 1. The van der Waals surface area contributed by atoms with Crippen molar-refractivity contribution in [1.29, 1.82) is 0 Å². The van der Waals surface area contributed by atoms with Crippen molar-refractivity contribution in [2.45, 2.75) is 13.8 Å². The Bertz CT molecular complexity index is 538. The highest BCUT2D eigenvalue weighted by Gasteiger charge is 2.09. The molecule has 2 aromatic rings. The van der Waals surface area contributed by atoms with Crippen molar-refractivity contribution in [1.82, 2.24) is 19.7 Å². The Morgan fingerprint density at radius 3 is 3.00 bits per heavy atom. The number of rotatable bonds is 4. The zero-order valence-electron chi connectivity index (χ0n) is 9.65. The number of hydrogen-bond donors (Lipinski definition) is 2. The zero-order valence-corrected chi connectivity index (χ0v) is 10.5. The van der Waals surface area contributed by atoms with E-state index in [1.54, 1.807) is 0 Å². The Morgan fingerprint density at radius 2 is 2.24 bits per heavy atom. The molecule has 0 bridgehead atoms. The molecule has 0 aromatic carbocycles. The summed E-state index contributed by atoms with van der Waals surface area (Å²) in [4.78, 5) is 19.9. The maximum atomic E-state index is 10.7. The molecule has 0 atom stereocenters. The van der Waals surface area contributed by atoms with Crippen LogP contribution < -0.4 is 10.6 Å². The van der Waals surface area contributed by atoms with Gasteiger partial charge < -0.3 is 10.6 Å². The molecule has 2 rings (SSSR count). The molecule has 2 N–H and O–H groups in total. The number of fused-ring (bicyclic) bond motifs is 1. The lowest BCUT2D eigenvalue weighted by Gasteiger charge is -2.06. The highest BCUT2D eigenvalue weighted by molar-refractivity contribution is 7.13. The third-order valence-corrected chi connectivity index (χ3v) is 3.08. The van der Waals surface area contributed by atoms with Crippen molar-refractivity contribution in [2.24, 2.45) is 0 Å². The Kier molecular flexibility index (Phi) is 3.48. The van der Waals surface area contributed by atoms with Crippen LogP contribution in [-0.2, 0) is 4.79 Å². The minimum atomic E-state index is -0.0342. The first-order valence-corrected chi connectivity index (χ1v) is 6.01. The van der Waals surface area contributed by atoms with Gasteiger partial charge in [-0.05, 0) is 18.5 Å². The maximum Gasteiger partial charge on any atom is 0.216 e. The number of anilines is 1. The van der Waals surface area contributed by atoms with E-state index in [2.05, 4.69) is 25.0 Å². The van der Waals surface area contributed by atoms with Crippen LogP contribution in [0.5, 0.6) is 0 Å². The van der Waals surface area contributed by atoms with E-state index in [1.807, 2.05) is 6.92 Å². The lowest BCUT2D eigenvalue weighted by Crippen LogP contribution is -2.26. The van der Waals surface area contributed by atoms with Gasteiger partial charge in [0.15, 0.2) is 0 Å². The van der Waals surface area contributed by atoms with Crippen LogP contribution in [-0.4, -0.2) is 33.3 Å². The second-order valence-corrected chi connectivity index (χ2v) is 4.33. The number of aromatic nitrogens is 3. The zero-order chi connectivity index (χ0) is 12.3. The first-order valence-electron chi connectivity index (χ1n) is 5.24. The second kappa shape index (κ2) is 5.05. The maximum absolute atomic E-state index is 10.7. The van der Waals surface area contributed by atoms with Gasteiger partial charge in [0.1, 0.15) is 17.0 Å². The molecule has 0 saturated carbocycles. The van der Waals surface area contributed by atoms with Crippen molar-refractivity contribution in [2.75, 3.05) is 18.4 Å². The average molecular weight is 251 g/mol. The second-order valence-electron chi connectivity index (χ2n) is 3.58. The molecular formula is C10H13N5OS. The van der Waals surface area contributed by atoms with E-state index in [1.165, 1.54) is 24.8 Å². The predicted molar refractivity (Wildman–Crippen MR) is 67.1 cm³/mol. The highest BCUT2D eigenvalue weighted by atomic mass is 32.1. The van der Waals surface area contributed by atoms with E-state index in [9.17, 15) is 4.79 Å².